The Hall–Kier alpha value is -2.51. The highest BCUT2D eigenvalue weighted by molar-refractivity contribution is 7.89. The van der Waals surface area contributed by atoms with Crippen molar-refractivity contribution in [1.29, 1.82) is 0 Å². The molecular weight excluding hydrogens is 412 g/mol. The van der Waals surface area contributed by atoms with Crippen molar-refractivity contribution in [2.75, 3.05) is 13.1 Å². The van der Waals surface area contributed by atoms with Crippen molar-refractivity contribution in [3.8, 4) is 0 Å². The molecule has 1 saturated heterocycles. The quantitative estimate of drug-likeness (QED) is 0.635. The molecule has 166 valence electrons. The number of nitrogens with zero attached hydrogens (tertiary/aromatic N) is 1. The van der Waals surface area contributed by atoms with Crippen LogP contribution < -0.4 is 5.32 Å². The second kappa shape index (κ2) is 10.2. The van der Waals surface area contributed by atoms with Crippen LogP contribution in [0.1, 0.15) is 49.0 Å². The van der Waals surface area contributed by atoms with Crippen molar-refractivity contribution in [3.05, 3.63) is 65.7 Å². The van der Waals surface area contributed by atoms with E-state index in [1.807, 2.05) is 25.1 Å². The van der Waals surface area contributed by atoms with Gasteiger partial charge in [0.2, 0.25) is 15.9 Å². The molecule has 1 heterocycles. The van der Waals surface area contributed by atoms with E-state index in [-0.39, 0.29) is 28.5 Å². The second-order valence-corrected chi connectivity index (χ2v) is 10.1. The van der Waals surface area contributed by atoms with Crippen LogP contribution in [-0.4, -0.2) is 43.5 Å². The third-order valence-corrected chi connectivity index (χ3v) is 7.70. The highest BCUT2D eigenvalue weighted by Crippen LogP contribution is 2.25. The van der Waals surface area contributed by atoms with E-state index in [0.29, 0.717) is 31.5 Å². The van der Waals surface area contributed by atoms with Crippen LogP contribution in [0.3, 0.4) is 0 Å². The van der Waals surface area contributed by atoms with Crippen LogP contribution in [0.4, 0.5) is 0 Å². The average molecular weight is 443 g/mol. The van der Waals surface area contributed by atoms with Crippen molar-refractivity contribution in [2.45, 2.75) is 50.5 Å². The van der Waals surface area contributed by atoms with E-state index in [4.69, 9.17) is 0 Å². The molecule has 6 nitrogen and oxygen atoms in total. The smallest absolute Gasteiger partial charge is 0.243 e. The Kier molecular flexibility index (Phi) is 7.62. The maximum atomic E-state index is 13.0. The Morgan fingerprint density at radius 2 is 1.74 bits per heavy atom. The number of amides is 1. The maximum absolute atomic E-state index is 13.0. The molecule has 0 radical (unpaired) electrons. The van der Waals surface area contributed by atoms with E-state index in [1.165, 1.54) is 28.9 Å². The number of carbonyl (C=O) groups is 2. The molecule has 1 aliphatic heterocycles. The zero-order valence-electron chi connectivity index (χ0n) is 18.1. The summed E-state index contributed by atoms with van der Waals surface area (Å²) in [6.07, 6.45) is 2.74. The van der Waals surface area contributed by atoms with Gasteiger partial charge in [-0.15, -0.1) is 0 Å². The van der Waals surface area contributed by atoms with Crippen LogP contribution in [0.25, 0.3) is 0 Å². The fourth-order valence-electron chi connectivity index (χ4n) is 3.84. The highest BCUT2D eigenvalue weighted by Gasteiger charge is 2.32. The predicted octanol–water partition coefficient (Wildman–Crippen LogP) is 3.43. The van der Waals surface area contributed by atoms with Gasteiger partial charge in [-0.3, -0.25) is 9.59 Å². The lowest BCUT2D eigenvalue weighted by Crippen LogP contribution is -2.44. The van der Waals surface area contributed by atoms with Crippen molar-refractivity contribution in [1.82, 2.24) is 9.62 Å². The summed E-state index contributed by atoms with van der Waals surface area (Å²) in [5.41, 5.74) is 1.62. The van der Waals surface area contributed by atoms with Crippen LogP contribution in [0.5, 0.6) is 0 Å². The SMILES string of the molecule is CC(=O)c1cccc(S(=O)(=O)N2CCC(C(=O)NC(C)CCc3ccccc3)CC2)c1. The first-order valence-corrected chi connectivity index (χ1v) is 12.2. The summed E-state index contributed by atoms with van der Waals surface area (Å²) in [5, 5.41) is 3.08. The van der Waals surface area contributed by atoms with Gasteiger partial charge in [0.1, 0.15) is 0 Å². The molecule has 3 rings (SSSR count). The molecule has 1 N–H and O–H groups in total. The summed E-state index contributed by atoms with van der Waals surface area (Å²) in [7, 11) is -3.68. The van der Waals surface area contributed by atoms with Gasteiger partial charge in [0.05, 0.1) is 4.90 Å². The van der Waals surface area contributed by atoms with E-state index >= 15 is 0 Å². The lowest BCUT2D eigenvalue weighted by Gasteiger charge is -2.31. The minimum Gasteiger partial charge on any atom is -0.353 e. The predicted molar refractivity (Wildman–Crippen MR) is 120 cm³/mol. The van der Waals surface area contributed by atoms with Gasteiger partial charge in [-0.1, -0.05) is 42.5 Å². The summed E-state index contributed by atoms with van der Waals surface area (Å²) in [4.78, 5) is 24.4. The number of carbonyl (C=O) groups excluding carboxylic acids is 2. The molecule has 1 amide bonds. The monoisotopic (exact) mass is 442 g/mol. The molecule has 2 aromatic carbocycles. The number of Topliss-reactive ketones (excluding diaryl/α,β-unsaturated/α-hetero) is 1. The third-order valence-electron chi connectivity index (χ3n) is 5.80. The molecule has 0 spiro atoms. The van der Waals surface area contributed by atoms with Crippen molar-refractivity contribution in [2.24, 2.45) is 5.92 Å². The summed E-state index contributed by atoms with van der Waals surface area (Å²) in [6.45, 7) is 4.01. The zero-order chi connectivity index (χ0) is 22.4. The first-order chi connectivity index (χ1) is 14.8. The van der Waals surface area contributed by atoms with Gasteiger partial charge in [0.25, 0.3) is 0 Å². The van der Waals surface area contributed by atoms with Gasteiger partial charge in [-0.05, 0) is 57.2 Å². The van der Waals surface area contributed by atoms with Crippen molar-refractivity contribution in [3.63, 3.8) is 0 Å². The number of benzene rings is 2. The summed E-state index contributed by atoms with van der Waals surface area (Å²) >= 11 is 0. The number of ketones is 1. The first kappa shape index (κ1) is 23.2. The lowest BCUT2D eigenvalue weighted by atomic mass is 9.96. The molecule has 0 saturated carbocycles. The van der Waals surface area contributed by atoms with Crippen LogP contribution in [0.15, 0.2) is 59.5 Å². The fourth-order valence-corrected chi connectivity index (χ4v) is 5.36. The molecule has 7 heteroatoms. The van der Waals surface area contributed by atoms with Gasteiger partial charge in [0, 0.05) is 30.6 Å². The summed E-state index contributed by atoms with van der Waals surface area (Å²) in [6, 6.07) is 16.4. The standard InChI is InChI=1S/C24H30N2O4S/c1-18(11-12-20-7-4-3-5-8-20)25-24(28)21-13-15-26(16-14-21)31(29,30)23-10-6-9-22(17-23)19(2)27/h3-10,17-18,21H,11-16H2,1-2H3,(H,25,28). The van der Waals surface area contributed by atoms with Crippen LogP contribution in [-0.2, 0) is 21.2 Å². The number of hydrogen-bond acceptors (Lipinski definition) is 4. The number of nitrogens with one attached hydrogen (secondary N) is 1. The van der Waals surface area contributed by atoms with Gasteiger partial charge in [0.15, 0.2) is 5.78 Å². The van der Waals surface area contributed by atoms with Crippen molar-refractivity contribution >= 4 is 21.7 Å². The minimum absolute atomic E-state index is 0.00353. The second-order valence-electron chi connectivity index (χ2n) is 8.20. The Balaban J connectivity index is 1.52. The molecule has 31 heavy (non-hydrogen) atoms. The van der Waals surface area contributed by atoms with Crippen LogP contribution >= 0.6 is 0 Å². The Labute approximate surface area is 184 Å². The molecular formula is C24H30N2O4S. The highest BCUT2D eigenvalue weighted by atomic mass is 32.2. The Morgan fingerprint density at radius 3 is 2.39 bits per heavy atom. The van der Waals surface area contributed by atoms with Crippen LogP contribution in [0, 0.1) is 5.92 Å². The first-order valence-electron chi connectivity index (χ1n) is 10.7. The molecule has 1 atom stereocenters. The van der Waals surface area contributed by atoms with E-state index in [0.717, 1.165) is 12.8 Å². The summed E-state index contributed by atoms with van der Waals surface area (Å²) < 4.78 is 27.3. The average Bonchev–Trinajstić information content (AvgIpc) is 2.78. The molecule has 1 aliphatic rings. The Bertz CT molecular complexity index is 1010. The number of sulfonamides is 1. The van der Waals surface area contributed by atoms with Gasteiger partial charge < -0.3 is 5.32 Å². The molecule has 0 aromatic heterocycles. The maximum Gasteiger partial charge on any atom is 0.243 e. The van der Waals surface area contributed by atoms with Crippen LogP contribution in [0.2, 0.25) is 0 Å². The summed E-state index contributed by atoms with van der Waals surface area (Å²) in [5.74, 6) is -0.362. The zero-order valence-corrected chi connectivity index (χ0v) is 18.9. The number of aryl methyl sites for hydroxylation is 1. The van der Waals surface area contributed by atoms with Gasteiger partial charge >= 0.3 is 0 Å². The molecule has 0 bridgehead atoms. The molecule has 0 aliphatic carbocycles. The minimum atomic E-state index is -3.68. The molecule has 2 aromatic rings. The number of piperidine rings is 1. The molecule has 1 fully saturated rings. The van der Waals surface area contributed by atoms with Gasteiger partial charge in [-0.25, -0.2) is 8.42 Å². The van der Waals surface area contributed by atoms with Crippen molar-refractivity contribution < 1.29 is 18.0 Å². The number of rotatable bonds is 8. The Morgan fingerprint density at radius 1 is 1.06 bits per heavy atom. The van der Waals surface area contributed by atoms with E-state index in [9.17, 15) is 18.0 Å². The number of hydrogen-bond donors (Lipinski definition) is 1. The van der Waals surface area contributed by atoms with Gasteiger partial charge in [-0.2, -0.15) is 4.31 Å². The molecule has 1 unspecified atom stereocenters. The fraction of sp³-hybridized carbons (Fsp3) is 0.417. The topological polar surface area (TPSA) is 83.6 Å². The normalized spacial score (nSPS) is 16.6. The van der Waals surface area contributed by atoms with E-state index in [1.54, 1.807) is 12.1 Å². The van der Waals surface area contributed by atoms with E-state index in [2.05, 4.69) is 17.4 Å². The largest absolute Gasteiger partial charge is 0.353 e. The third kappa shape index (κ3) is 6.02. The lowest BCUT2D eigenvalue weighted by molar-refractivity contribution is -0.126. The van der Waals surface area contributed by atoms with E-state index < -0.39 is 10.0 Å².